The van der Waals surface area contributed by atoms with Crippen LogP contribution >= 0.6 is 15.9 Å². The molecule has 7 nitrogen and oxygen atoms in total. The maximum atomic E-state index is 11.7. The van der Waals surface area contributed by atoms with Crippen molar-refractivity contribution in [2.45, 2.75) is 12.5 Å². The number of anilines is 1. The van der Waals surface area contributed by atoms with Crippen LogP contribution in [0, 0.1) is 0 Å². The zero-order valence-corrected chi connectivity index (χ0v) is 13.5. The monoisotopic (exact) mass is 366 g/mol. The maximum Gasteiger partial charge on any atom is 0.329 e. The first-order valence-corrected chi connectivity index (χ1v) is 7.65. The van der Waals surface area contributed by atoms with Crippen molar-refractivity contribution in [1.29, 1.82) is 0 Å². The molecule has 1 atom stereocenters. The normalized spacial score (nSPS) is 17.7. The molecule has 0 aromatic carbocycles. The van der Waals surface area contributed by atoms with Gasteiger partial charge < -0.3 is 9.64 Å². The fourth-order valence-electron chi connectivity index (χ4n) is 2.39. The van der Waals surface area contributed by atoms with Gasteiger partial charge in [-0.05, 0) is 22.0 Å². The molecule has 1 aliphatic heterocycles. The van der Waals surface area contributed by atoms with E-state index in [9.17, 15) is 9.59 Å². The minimum absolute atomic E-state index is 0.00809. The van der Waals surface area contributed by atoms with E-state index in [-0.39, 0.29) is 11.7 Å². The Morgan fingerprint density at radius 2 is 2.27 bits per heavy atom. The van der Waals surface area contributed by atoms with E-state index < -0.39 is 5.69 Å². The van der Waals surface area contributed by atoms with Gasteiger partial charge in [-0.2, -0.15) is 0 Å². The molecule has 116 valence electrons. The summed E-state index contributed by atoms with van der Waals surface area (Å²) in [7, 11) is 1.45. The van der Waals surface area contributed by atoms with E-state index in [1.807, 2.05) is 4.90 Å². The summed E-state index contributed by atoms with van der Waals surface area (Å²) in [5, 5.41) is 0. The predicted molar refractivity (Wildman–Crippen MR) is 85.5 cm³/mol. The van der Waals surface area contributed by atoms with Gasteiger partial charge in [-0.25, -0.2) is 4.79 Å². The first kappa shape index (κ1) is 14.8. The fraction of sp³-hybridized carbons (Fsp3) is 0.357. The molecule has 1 unspecified atom stereocenters. The summed E-state index contributed by atoms with van der Waals surface area (Å²) in [6.45, 7) is 1.33. The van der Waals surface area contributed by atoms with E-state index in [0.717, 1.165) is 27.8 Å². The Labute approximate surface area is 134 Å². The van der Waals surface area contributed by atoms with Crippen LogP contribution in [-0.2, 0) is 7.05 Å². The molecule has 3 rings (SSSR count). The second-order valence-electron chi connectivity index (χ2n) is 5.14. The van der Waals surface area contributed by atoms with E-state index in [1.54, 1.807) is 18.5 Å². The third-order valence-corrected chi connectivity index (χ3v) is 4.24. The summed E-state index contributed by atoms with van der Waals surface area (Å²) in [4.78, 5) is 32.0. The predicted octanol–water partition coefficient (Wildman–Crippen LogP) is 0.889. The highest BCUT2D eigenvalue weighted by atomic mass is 79.9. The van der Waals surface area contributed by atoms with Gasteiger partial charge in [0.1, 0.15) is 17.7 Å². The van der Waals surface area contributed by atoms with Gasteiger partial charge in [0.05, 0.1) is 11.0 Å². The van der Waals surface area contributed by atoms with Gasteiger partial charge in [-0.3, -0.25) is 19.3 Å². The molecule has 0 bridgehead atoms. The standard InChI is InChI=1S/C14H15BrN4O3/c1-18-13(20)6-12(17-14(18)21)19-5-3-9(8-19)22-11-2-4-16-7-10(11)15/h2,4,6-7,9H,3,5,8H2,1H3,(H,17,21). The Morgan fingerprint density at radius 1 is 1.45 bits per heavy atom. The Bertz CT molecular complexity index is 770. The zero-order chi connectivity index (χ0) is 15.7. The van der Waals surface area contributed by atoms with Crippen molar-refractivity contribution < 1.29 is 4.74 Å². The largest absolute Gasteiger partial charge is 0.487 e. The topological polar surface area (TPSA) is 80.2 Å². The lowest BCUT2D eigenvalue weighted by Gasteiger charge is -2.18. The number of H-pyrrole nitrogens is 1. The van der Waals surface area contributed by atoms with Crippen LogP contribution in [0.5, 0.6) is 5.75 Å². The molecule has 1 fully saturated rings. The first-order chi connectivity index (χ1) is 10.5. The number of ether oxygens (including phenoxy) is 1. The van der Waals surface area contributed by atoms with Crippen molar-refractivity contribution in [2.24, 2.45) is 7.05 Å². The second kappa shape index (κ2) is 5.96. The van der Waals surface area contributed by atoms with Crippen molar-refractivity contribution in [3.05, 3.63) is 49.8 Å². The molecular formula is C14H15BrN4O3. The van der Waals surface area contributed by atoms with Gasteiger partial charge in [0.25, 0.3) is 5.56 Å². The minimum atomic E-state index is -0.413. The molecule has 8 heteroatoms. The third-order valence-electron chi connectivity index (χ3n) is 3.64. The highest BCUT2D eigenvalue weighted by Crippen LogP contribution is 2.26. The lowest BCUT2D eigenvalue weighted by molar-refractivity contribution is 0.223. The van der Waals surface area contributed by atoms with Crippen LogP contribution in [0.1, 0.15) is 6.42 Å². The quantitative estimate of drug-likeness (QED) is 0.872. The van der Waals surface area contributed by atoms with Gasteiger partial charge in [0.15, 0.2) is 0 Å². The van der Waals surface area contributed by atoms with Crippen molar-refractivity contribution in [3.8, 4) is 5.75 Å². The van der Waals surface area contributed by atoms with Crippen molar-refractivity contribution in [2.75, 3.05) is 18.0 Å². The highest BCUT2D eigenvalue weighted by Gasteiger charge is 2.25. The van der Waals surface area contributed by atoms with E-state index in [4.69, 9.17) is 4.74 Å². The molecule has 0 saturated carbocycles. The molecule has 1 saturated heterocycles. The smallest absolute Gasteiger partial charge is 0.329 e. The minimum Gasteiger partial charge on any atom is -0.487 e. The van der Waals surface area contributed by atoms with E-state index in [0.29, 0.717) is 12.4 Å². The molecule has 22 heavy (non-hydrogen) atoms. The lowest BCUT2D eigenvalue weighted by Crippen LogP contribution is -2.35. The molecule has 0 aliphatic carbocycles. The Balaban J connectivity index is 1.74. The molecule has 2 aromatic heterocycles. The average molecular weight is 367 g/mol. The number of aromatic nitrogens is 3. The molecule has 0 spiro atoms. The Morgan fingerprint density at radius 3 is 3.00 bits per heavy atom. The van der Waals surface area contributed by atoms with Gasteiger partial charge in [0.2, 0.25) is 0 Å². The lowest BCUT2D eigenvalue weighted by atomic mass is 10.3. The molecular weight excluding hydrogens is 352 g/mol. The highest BCUT2D eigenvalue weighted by molar-refractivity contribution is 9.10. The zero-order valence-electron chi connectivity index (χ0n) is 12.0. The summed E-state index contributed by atoms with van der Waals surface area (Å²) in [5.41, 5.74) is -0.733. The number of halogens is 1. The maximum absolute atomic E-state index is 11.7. The number of aromatic amines is 1. The SMILES string of the molecule is Cn1c(=O)cc(N2CCC(Oc3ccncc3Br)C2)[nH]c1=O. The molecule has 1 N–H and O–H groups in total. The van der Waals surface area contributed by atoms with Crippen LogP contribution in [0.3, 0.4) is 0 Å². The van der Waals surface area contributed by atoms with E-state index in [2.05, 4.69) is 25.9 Å². The van der Waals surface area contributed by atoms with Crippen LogP contribution in [0.2, 0.25) is 0 Å². The van der Waals surface area contributed by atoms with Gasteiger partial charge >= 0.3 is 5.69 Å². The van der Waals surface area contributed by atoms with Gasteiger partial charge in [-0.15, -0.1) is 0 Å². The first-order valence-electron chi connectivity index (χ1n) is 6.86. The summed E-state index contributed by atoms with van der Waals surface area (Å²) < 4.78 is 7.78. The molecule has 1 aliphatic rings. The van der Waals surface area contributed by atoms with Crippen molar-refractivity contribution in [3.63, 3.8) is 0 Å². The number of hydrogen-bond acceptors (Lipinski definition) is 5. The number of nitrogens with one attached hydrogen (secondary N) is 1. The van der Waals surface area contributed by atoms with Crippen LogP contribution in [0.4, 0.5) is 5.82 Å². The summed E-state index contributed by atoms with van der Waals surface area (Å²) in [6.07, 6.45) is 4.16. The Kier molecular flexibility index (Phi) is 4.02. The van der Waals surface area contributed by atoms with Crippen LogP contribution < -0.4 is 20.9 Å². The number of nitrogens with zero attached hydrogens (tertiary/aromatic N) is 3. The van der Waals surface area contributed by atoms with Crippen LogP contribution in [0.25, 0.3) is 0 Å². The van der Waals surface area contributed by atoms with E-state index >= 15 is 0 Å². The molecule has 2 aromatic rings. The van der Waals surface area contributed by atoms with Crippen molar-refractivity contribution in [1.82, 2.24) is 14.5 Å². The average Bonchev–Trinajstić information content (AvgIpc) is 2.95. The molecule has 0 amide bonds. The number of rotatable bonds is 3. The van der Waals surface area contributed by atoms with Gasteiger partial charge in [-0.1, -0.05) is 0 Å². The Hall–Kier alpha value is -2.09. The number of hydrogen-bond donors (Lipinski definition) is 1. The fourth-order valence-corrected chi connectivity index (χ4v) is 2.74. The molecule has 0 radical (unpaired) electrons. The van der Waals surface area contributed by atoms with Crippen molar-refractivity contribution >= 4 is 21.7 Å². The summed E-state index contributed by atoms with van der Waals surface area (Å²) in [6, 6.07) is 3.24. The van der Waals surface area contributed by atoms with Gasteiger partial charge in [0, 0.05) is 38.5 Å². The second-order valence-corrected chi connectivity index (χ2v) is 5.99. The third kappa shape index (κ3) is 2.92. The van der Waals surface area contributed by atoms with Crippen LogP contribution in [-0.4, -0.2) is 33.7 Å². The summed E-state index contributed by atoms with van der Waals surface area (Å²) >= 11 is 3.40. The van der Waals surface area contributed by atoms with E-state index in [1.165, 1.54) is 13.1 Å². The molecule has 3 heterocycles. The van der Waals surface area contributed by atoms with Crippen LogP contribution in [0.15, 0.2) is 38.6 Å². The summed E-state index contributed by atoms with van der Waals surface area (Å²) in [5.74, 6) is 1.27. The number of pyridine rings is 1.